The topological polar surface area (TPSA) is 57.2 Å². The molecule has 8 heteroatoms. The Hall–Kier alpha value is -1.81. The molecule has 0 spiro atoms. The number of carbonyl (C=O) groups excluding carboxylic acids is 1. The summed E-state index contributed by atoms with van der Waals surface area (Å²) in [5, 5.41) is 5.49. The number of hydrogen-bond donors (Lipinski definition) is 1. The fourth-order valence-electron chi connectivity index (χ4n) is 3.06. The first-order valence-electron chi connectivity index (χ1n) is 9.15. The van der Waals surface area contributed by atoms with Crippen molar-refractivity contribution in [2.75, 3.05) is 45.2 Å². The molecule has 1 aliphatic heterocycles. The minimum absolute atomic E-state index is 0. The van der Waals surface area contributed by atoms with Crippen LogP contribution < -0.4 is 15.0 Å². The molecular formula is C20H27IN4O2S. The summed E-state index contributed by atoms with van der Waals surface area (Å²) in [4.78, 5) is 21.9. The van der Waals surface area contributed by atoms with Gasteiger partial charge in [-0.25, -0.2) is 0 Å². The van der Waals surface area contributed by atoms with Gasteiger partial charge in [0.15, 0.2) is 12.6 Å². The molecule has 0 saturated heterocycles. The first-order chi connectivity index (χ1) is 13.2. The van der Waals surface area contributed by atoms with Crippen molar-refractivity contribution >= 4 is 52.9 Å². The fraction of sp³-hybridized carbons (Fsp3) is 0.400. The van der Waals surface area contributed by atoms with Gasteiger partial charge in [0.05, 0.1) is 5.69 Å². The van der Waals surface area contributed by atoms with E-state index in [2.05, 4.69) is 32.7 Å². The number of carbonyl (C=O) groups is 1. The second-order valence-corrected chi connectivity index (χ2v) is 7.41. The summed E-state index contributed by atoms with van der Waals surface area (Å²) in [5.74, 6) is 1.65. The Kier molecular flexibility index (Phi) is 9.04. The second-order valence-electron chi connectivity index (χ2n) is 6.38. The van der Waals surface area contributed by atoms with Crippen LogP contribution in [-0.2, 0) is 11.2 Å². The quantitative estimate of drug-likeness (QED) is 0.267. The predicted octanol–water partition coefficient (Wildman–Crippen LogP) is 3.23. The van der Waals surface area contributed by atoms with Crippen LogP contribution in [0, 0.1) is 0 Å². The number of rotatable bonds is 7. The molecule has 2 heterocycles. The molecule has 28 heavy (non-hydrogen) atoms. The smallest absolute Gasteiger partial charge is 0.265 e. The molecule has 6 nitrogen and oxygen atoms in total. The maximum absolute atomic E-state index is 12.2. The third-order valence-corrected chi connectivity index (χ3v) is 5.43. The number of anilines is 1. The van der Waals surface area contributed by atoms with Gasteiger partial charge in [-0.15, -0.1) is 35.3 Å². The van der Waals surface area contributed by atoms with Gasteiger partial charge in [-0.1, -0.05) is 18.2 Å². The van der Waals surface area contributed by atoms with E-state index in [1.54, 1.807) is 18.4 Å². The summed E-state index contributed by atoms with van der Waals surface area (Å²) < 4.78 is 5.49. The van der Waals surface area contributed by atoms with Crippen LogP contribution in [0.15, 0.2) is 46.8 Å². The number of guanidine groups is 1. The Labute approximate surface area is 187 Å². The van der Waals surface area contributed by atoms with Crippen molar-refractivity contribution in [1.29, 1.82) is 0 Å². The molecule has 0 bridgehead atoms. The molecule has 0 fully saturated rings. The van der Waals surface area contributed by atoms with E-state index < -0.39 is 0 Å². The van der Waals surface area contributed by atoms with Gasteiger partial charge in [0.25, 0.3) is 5.91 Å². The lowest BCUT2D eigenvalue weighted by Crippen LogP contribution is -2.43. The first kappa shape index (κ1) is 22.5. The predicted molar refractivity (Wildman–Crippen MR) is 126 cm³/mol. The van der Waals surface area contributed by atoms with E-state index in [-0.39, 0.29) is 36.5 Å². The first-order valence-corrected chi connectivity index (χ1v) is 10.0. The van der Waals surface area contributed by atoms with Gasteiger partial charge in [0.2, 0.25) is 0 Å². The van der Waals surface area contributed by atoms with Crippen LogP contribution in [0.25, 0.3) is 0 Å². The number of aliphatic imine (C=N–C) groups is 1. The standard InChI is InChI=1S/C20H26N4O2S.HI/c1-21-20(23(2)13-10-16-7-5-14-27-16)22-11-6-12-24-17-8-3-4-9-18(17)26-15-19(24)25;/h3-5,7-9,14H,6,10-13,15H2,1-2H3,(H,21,22);1H. The lowest BCUT2D eigenvalue weighted by molar-refractivity contribution is -0.121. The van der Waals surface area contributed by atoms with Crippen molar-refractivity contribution < 1.29 is 9.53 Å². The van der Waals surface area contributed by atoms with Gasteiger partial charge in [-0.3, -0.25) is 9.79 Å². The monoisotopic (exact) mass is 514 g/mol. The number of nitrogens with zero attached hydrogens (tertiary/aromatic N) is 3. The Morgan fingerprint density at radius 3 is 2.89 bits per heavy atom. The third-order valence-electron chi connectivity index (χ3n) is 4.50. The SMILES string of the molecule is CN=C(NCCCN1C(=O)COc2ccccc21)N(C)CCc1cccs1.I. The number of nitrogens with one attached hydrogen (secondary N) is 1. The number of amides is 1. The summed E-state index contributed by atoms with van der Waals surface area (Å²) in [6, 6.07) is 11.9. The highest BCUT2D eigenvalue weighted by atomic mass is 127. The molecule has 1 aromatic heterocycles. The highest BCUT2D eigenvalue weighted by Crippen LogP contribution is 2.31. The molecule has 152 valence electrons. The van der Waals surface area contributed by atoms with Gasteiger partial charge in [0, 0.05) is 38.6 Å². The number of hydrogen-bond acceptors (Lipinski definition) is 4. The molecule has 2 aromatic rings. The van der Waals surface area contributed by atoms with Gasteiger partial charge >= 0.3 is 0 Å². The Bertz CT molecular complexity index is 782. The summed E-state index contributed by atoms with van der Waals surface area (Å²) in [5.41, 5.74) is 0.853. The molecule has 1 amide bonds. The molecule has 3 rings (SSSR count). The number of thiophene rings is 1. The van der Waals surface area contributed by atoms with Crippen molar-refractivity contribution in [2.24, 2.45) is 4.99 Å². The highest BCUT2D eigenvalue weighted by Gasteiger charge is 2.24. The van der Waals surface area contributed by atoms with Crippen molar-refractivity contribution in [3.8, 4) is 5.75 Å². The van der Waals surface area contributed by atoms with Crippen LogP contribution in [0.1, 0.15) is 11.3 Å². The van der Waals surface area contributed by atoms with Gasteiger partial charge in [-0.05, 0) is 36.4 Å². The Morgan fingerprint density at radius 2 is 2.14 bits per heavy atom. The largest absolute Gasteiger partial charge is 0.482 e. The summed E-state index contributed by atoms with van der Waals surface area (Å²) in [6.45, 7) is 2.43. The molecular weight excluding hydrogens is 487 g/mol. The zero-order chi connectivity index (χ0) is 19.1. The van der Waals surface area contributed by atoms with Crippen LogP contribution >= 0.6 is 35.3 Å². The average Bonchev–Trinajstić information content (AvgIpc) is 3.21. The van der Waals surface area contributed by atoms with Crippen LogP contribution in [0.4, 0.5) is 5.69 Å². The number of halogens is 1. The van der Waals surface area contributed by atoms with Crippen molar-refractivity contribution in [3.05, 3.63) is 46.7 Å². The third kappa shape index (κ3) is 5.84. The number of fused-ring (bicyclic) bond motifs is 1. The summed E-state index contributed by atoms with van der Waals surface area (Å²) >= 11 is 1.78. The highest BCUT2D eigenvalue weighted by molar-refractivity contribution is 14.0. The van der Waals surface area contributed by atoms with Crippen LogP contribution in [-0.4, -0.2) is 57.1 Å². The van der Waals surface area contributed by atoms with E-state index >= 15 is 0 Å². The van der Waals surface area contributed by atoms with E-state index in [1.807, 2.05) is 36.2 Å². The number of likely N-dealkylation sites (N-methyl/N-ethyl adjacent to an activating group) is 1. The van der Waals surface area contributed by atoms with Crippen LogP contribution in [0.5, 0.6) is 5.75 Å². The number of ether oxygens (including phenoxy) is 1. The van der Waals surface area contributed by atoms with E-state index in [9.17, 15) is 4.79 Å². The fourth-order valence-corrected chi connectivity index (χ4v) is 3.76. The maximum Gasteiger partial charge on any atom is 0.265 e. The van der Waals surface area contributed by atoms with Gasteiger partial charge in [0.1, 0.15) is 5.75 Å². The lowest BCUT2D eigenvalue weighted by atomic mass is 10.2. The maximum atomic E-state index is 12.2. The lowest BCUT2D eigenvalue weighted by Gasteiger charge is -2.29. The minimum atomic E-state index is 0. The molecule has 0 aliphatic carbocycles. The molecule has 0 unspecified atom stereocenters. The van der Waals surface area contributed by atoms with E-state index in [4.69, 9.17) is 4.74 Å². The normalized spacial score (nSPS) is 13.4. The zero-order valence-electron chi connectivity index (χ0n) is 16.3. The average molecular weight is 514 g/mol. The Morgan fingerprint density at radius 1 is 1.32 bits per heavy atom. The Balaban J connectivity index is 0.00000280. The van der Waals surface area contributed by atoms with Crippen molar-refractivity contribution in [2.45, 2.75) is 12.8 Å². The molecule has 0 atom stereocenters. The molecule has 1 aromatic carbocycles. The molecule has 0 saturated carbocycles. The number of para-hydroxylation sites is 2. The van der Waals surface area contributed by atoms with E-state index in [1.165, 1.54) is 4.88 Å². The second kappa shape index (κ2) is 11.3. The van der Waals surface area contributed by atoms with Gasteiger partial charge in [-0.2, -0.15) is 0 Å². The van der Waals surface area contributed by atoms with Crippen LogP contribution in [0.2, 0.25) is 0 Å². The minimum Gasteiger partial charge on any atom is -0.482 e. The van der Waals surface area contributed by atoms with E-state index in [0.717, 1.165) is 43.3 Å². The molecule has 1 aliphatic rings. The van der Waals surface area contributed by atoms with Crippen molar-refractivity contribution in [1.82, 2.24) is 10.2 Å². The zero-order valence-corrected chi connectivity index (χ0v) is 19.4. The summed E-state index contributed by atoms with van der Waals surface area (Å²) in [6.07, 6.45) is 1.84. The molecule has 1 N–H and O–H groups in total. The van der Waals surface area contributed by atoms with Crippen molar-refractivity contribution in [3.63, 3.8) is 0 Å². The number of benzene rings is 1. The summed E-state index contributed by atoms with van der Waals surface area (Å²) in [7, 11) is 3.84. The van der Waals surface area contributed by atoms with Crippen LogP contribution in [0.3, 0.4) is 0 Å². The van der Waals surface area contributed by atoms with E-state index in [0.29, 0.717) is 6.54 Å². The molecule has 0 radical (unpaired) electrons. The van der Waals surface area contributed by atoms with Gasteiger partial charge < -0.3 is 19.9 Å².